The number of amides is 1. The topological polar surface area (TPSA) is 42.2 Å². The highest BCUT2D eigenvalue weighted by molar-refractivity contribution is 6.32. The van der Waals surface area contributed by atoms with E-state index in [1.165, 1.54) is 0 Å². The van der Waals surface area contributed by atoms with E-state index in [2.05, 4.69) is 5.32 Å². The number of hydrogen-bond donors (Lipinski definition) is 1. The van der Waals surface area contributed by atoms with Gasteiger partial charge in [-0.05, 0) is 43.2 Å². The van der Waals surface area contributed by atoms with E-state index in [0.29, 0.717) is 5.02 Å². The molecule has 0 fully saturated rings. The molecule has 104 valence electrons. The molecule has 3 nitrogen and oxygen atoms in total. The highest BCUT2D eigenvalue weighted by Crippen LogP contribution is 2.23. The smallest absolute Gasteiger partial charge is 0.244 e. The second-order valence-corrected chi connectivity index (χ2v) is 4.96. The number of furan rings is 1. The fraction of sp³-hybridized carbons (Fsp3) is 0.188. The fourth-order valence-electron chi connectivity index (χ4n) is 1.92. The van der Waals surface area contributed by atoms with Crippen molar-refractivity contribution in [2.24, 2.45) is 0 Å². The van der Waals surface area contributed by atoms with Crippen molar-refractivity contribution in [3.05, 3.63) is 65.1 Å². The van der Waals surface area contributed by atoms with Crippen LogP contribution in [0, 0.1) is 0 Å². The Labute approximate surface area is 123 Å². The number of allylic oxidation sites excluding steroid dienone is 1. The van der Waals surface area contributed by atoms with Gasteiger partial charge < -0.3 is 9.73 Å². The molecule has 1 N–H and O–H groups in total. The molecular formula is C16H16ClNO2. The van der Waals surface area contributed by atoms with Gasteiger partial charge in [0.15, 0.2) is 0 Å². The minimum atomic E-state index is -0.175. The van der Waals surface area contributed by atoms with E-state index in [-0.39, 0.29) is 11.9 Å². The van der Waals surface area contributed by atoms with Gasteiger partial charge in [0, 0.05) is 11.1 Å². The van der Waals surface area contributed by atoms with Crippen LogP contribution in [0.5, 0.6) is 0 Å². The van der Waals surface area contributed by atoms with Gasteiger partial charge in [-0.15, -0.1) is 0 Å². The number of hydrogen-bond acceptors (Lipinski definition) is 2. The molecule has 1 aromatic carbocycles. The van der Waals surface area contributed by atoms with Gasteiger partial charge in [0.25, 0.3) is 0 Å². The normalized spacial score (nSPS) is 13.1. The second kappa shape index (κ2) is 6.44. The Kier molecular flexibility index (Phi) is 4.64. The average Bonchev–Trinajstić information content (AvgIpc) is 2.92. The number of halogens is 1. The third-order valence-electron chi connectivity index (χ3n) is 2.98. The lowest BCUT2D eigenvalue weighted by Gasteiger charge is -2.10. The van der Waals surface area contributed by atoms with E-state index in [0.717, 1.165) is 16.9 Å². The molecule has 2 rings (SSSR count). The van der Waals surface area contributed by atoms with Crippen LogP contribution < -0.4 is 5.32 Å². The summed E-state index contributed by atoms with van der Waals surface area (Å²) in [4.78, 5) is 12.0. The van der Waals surface area contributed by atoms with Crippen molar-refractivity contribution < 1.29 is 9.21 Å². The fourth-order valence-corrected chi connectivity index (χ4v) is 2.20. The van der Waals surface area contributed by atoms with Crippen molar-refractivity contribution >= 4 is 23.1 Å². The van der Waals surface area contributed by atoms with Crippen LogP contribution in [0.25, 0.3) is 5.57 Å². The van der Waals surface area contributed by atoms with Gasteiger partial charge in [-0.2, -0.15) is 0 Å². The predicted octanol–water partition coefficient (Wildman–Crippen LogP) is 4.21. The Morgan fingerprint density at radius 3 is 2.70 bits per heavy atom. The highest BCUT2D eigenvalue weighted by Gasteiger charge is 2.11. The molecule has 1 aromatic heterocycles. The summed E-state index contributed by atoms with van der Waals surface area (Å²) in [6, 6.07) is 10.9. The molecule has 20 heavy (non-hydrogen) atoms. The lowest BCUT2D eigenvalue weighted by molar-refractivity contribution is -0.117. The molecule has 0 aliphatic heterocycles. The Bertz CT molecular complexity index is 617. The van der Waals surface area contributed by atoms with E-state index in [1.54, 1.807) is 24.5 Å². The van der Waals surface area contributed by atoms with E-state index in [1.807, 2.05) is 38.1 Å². The molecule has 0 spiro atoms. The molecular weight excluding hydrogens is 274 g/mol. The predicted molar refractivity (Wildman–Crippen MR) is 80.4 cm³/mol. The monoisotopic (exact) mass is 289 g/mol. The van der Waals surface area contributed by atoms with Crippen molar-refractivity contribution in [1.82, 2.24) is 5.32 Å². The third kappa shape index (κ3) is 3.52. The van der Waals surface area contributed by atoms with Crippen molar-refractivity contribution in [1.29, 1.82) is 0 Å². The summed E-state index contributed by atoms with van der Waals surface area (Å²) in [7, 11) is 0. The standard InChI is InChI=1S/C16H16ClNO2/c1-11(13-6-3-4-7-14(13)17)10-16(19)18-12(2)15-8-5-9-20-15/h3-10,12H,1-2H3,(H,18,19)/b11-10-. The van der Waals surface area contributed by atoms with Gasteiger partial charge in [0.2, 0.25) is 5.91 Å². The van der Waals surface area contributed by atoms with E-state index >= 15 is 0 Å². The zero-order valence-electron chi connectivity index (χ0n) is 11.4. The summed E-state index contributed by atoms with van der Waals surface area (Å²) in [5, 5.41) is 3.48. The first kappa shape index (κ1) is 14.4. The van der Waals surface area contributed by atoms with Gasteiger partial charge in [-0.1, -0.05) is 29.8 Å². The summed E-state index contributed by atoms with van der Waals surface area (Å²) in [5.74, 6) is 0.550. The molecule has 1 amide bonds. The molecule has 4 heteroatoms. The number of carbonyl (C=O) groups is 1. The summed E-state index contributed by atoms with van der Waals surface area (Å²) in [5.41, 5.74) is 1.68. The zero-order chi connectivity index (χ0) is 14.5. The SMILES string of the molecule is C/C(=C/C(=O)NC(C)c1ccco1)c1ccccc1Cl. The van der Waals surface area contributed by atoms with Crippen LogP contribution in [-0.2, 0) is 4.79 Å². The first-order chi connectivity index (χ1) is 9.58. The lowest BCUT2D eigenvalue weighted by atomic mass is 10.1. The molecule has 0 aliphatic rings. The summed E-state index contributed by atoms with van der Waals surface area (Å²) >= 11 is 6.10. The number of carbonyl (C=O) groups excluding carboxylic acids is 1. The molecule has 0 radical (unpaired) electrons. The maximum Gasteiger partial charge on any atom is 0.244 e. The van der Waals surface area contributed by atoms with Crippen LogP contribution in [0.2, 0.25) is 5.02 Å². The molecule has 1 atom stereocenters. The molecule has 0 aliphatic carbocycles. The molecule has 1 heterocycles. The van der Waals surface area contributed by atoms with E-state index in [9.17, 15) is 4.79 Å². The first-order valence-corrected chi connectivity index (χ1v) is 6.73. The van der Waals surface area contributed by atoms with E-state index < -0.39 is 0 Å². The van der Waals surface area contributed by atoms with Crippen LogP contribution in [0.3, 0.4) is 0 Å². The average molecular weight is 290 g/mol. The largest absolute Gasteiger partial charge is 0.467 e. The molecule has 1 unspecified atom stereocenters. The quantitative estimate of drug-likeness (QED) is 0.857. The van der Waals surface area contributed by atoms with Gasteiger partial charge in [0.1, 0.15) is 5.76 Å². The minimum Gasteiger partial charge on any atom is -0.467 e. The van der Waals surface area contributed by atoms with Crippen LogP contribution in [0.4, 0.5) is 0 Å². The van der Waals surface area contributed by atoms with Crippen LogP contribution in [0.15, 0.2) is 53.2 Å². The minimum absolute atomic E-state index is 0.173. The third-order valence-corrected chi connectivity index (χ3v) is 3.30. The molecule has 0 bridgehead atoms. The van der Waals surface area contributed by atoms with Gasteiger partial charge >= 0.3 is 0 Å². The van der Waals surface area contributed by atoms with Crippen molar-refractivity contribution in [3.8, 4) is 0 Å². The van der Waals surface area contributed by atoms with Gasteiger partial charge in [-0.3, -0.25) is 4.79 Å². The molecule has 2 aromatic rings. The van der Waals surface area contributed by atoms with Crippen LogP contribution >= 0.6 is 11.6 Å². The highest BCUT2D eigenvalue weighted by atomic mass is 35.5. The molecule has 0 saturated heterocycles. The first-order valence-electron chi connectivity index (χ1n) is 6.35. The Hall–Kier alpha value is -2.00. The van der Waals surface area contributed by atoms with Gasteiger partial charge in [0.05, 0.1) is 12.3 Å². The van der Waals surface area contributed by atoms with Crippen molar-refractivity contribution in [2.45, 2.75) is 19.9 Å². The lowest BCUT2D eigenvalue weighted by Crippen LogP contribution is -2.24. The van der Waals surface area contributed by atoms with Gasteiger partial charge in [-0.25, -0.2) is 0 Å². The number of rotatable bonds is 4. The van der Waals surface area contributed by atoms with Crippen molar-refractivity contribution in [3.63, 3.8) is 0 Å². The zero-order valence-corrected chi connectivity index (χ0v) is 12.1. The second-order valence-electron chi connectivity index (χ2n) is 4.55. The maximum atomic E-state index is 12.0. The van der Waals surface area contributed by atoms with Crippen LogP contribution in [0.1, 0.15) is 31.2 Å². The van der Waals surface area contributed by atoms with E-state index in [4.69, 9.17) is 16.0 Å². The maximum absolute atomic E-state index is 12.0. The summed E-state index contributed by atoms with van der Waals surface area (Å²) in [6.45, 7) is 3.73. The summed E-state index contributed by atoms with van der Waals surface area (Å²) in [6.07, 6.45) is 3.13. The number of benzene rings is 1. The Balaban J connectivity index is 2.07. The number of nitrogens with one attached hydrogen (secondary N) is 1. The Morgan fingerprint density at radius 2 is 2.05 bits per heavy atom. The Morgan fingerprint density at radius 1 is 1.30 bits per heavy atom. The molecule has 0 saturated carbocycles. The van der Waals surface area contributed by atoms with Crippen LogP contribution in [-0.4, -0.2) is 5.91 Å². The van der Waals surface area contributed by atoms with Crippen molar-refractivity contribution in [2.75, 3.05) is 0 Å². The summed E-state index contributed by atoms with van der Waals surface area (Å²) < 4.78 is 5.25.